The highest BCUT2D eigenvalue weighted by molar-refractivity contribution is 5.36. The number of rotatable bonds is 9. The van der Waals surface area contributed by atoms with Gasteiger partial charge in [0.15, 0.2) is 0 Å². The van der Waals surface area contributed by atoms with Crippen LogP contribution in [0.15, 0.2) is 43.0 Å². The Morgan fingerprint density at radius 2 is 1.47 bits per heavy atom. The van der Waals surface area contributed by atoms with Crippen molar-refractivity contribution in [3.8, 4) is 6.07 Å². The van der Waals surface area contributed by atoms with Crippen LogP contribution < -0.4 is 0 Å². The topological polar surface area (TPSA) is 33.0 Å². The van der Waals surface area contributed by atoms with Crippen LogP contribution in [0.1, 0.15) is 98.3 Å². The van der Waals surface area contributed by atoms with Crippen LogP contribution in [0, 0.1) is 34.7 Å². The van der Waals surface area contributed by atoms with Crippen LogP contribution in [-0.4, -0.2) is 12.7 Å². The molecule has 2 aromatic carbocycles. The molecule has 0 amide bonds. The fourth-order valence-electron chi connectivity index (χ4n) is 5.98. The van der Waals surface area contributed by atoms with Gasteiger partial charge in [-0.15, -0.1) is 6.58 Å². The van der Waals surface area contributed by atoms with E-state index in [4.69, 9.17) is 10.00 Å². The summed E-state index contributed by atoms with van der Waals surface area (Å²) in [5, 5.41) is 8.87. The highest BCUT2D eigenvalue weighted by Crippen LogP contribution is 2.39. The Hall–Kier alpha value is -2.58. The molecule has 0 N–H and O–H groups in total. The monoisotopic (exact) mass is 495 g/mol. The van der Waals surface area contributed by atoms with E-state index in [0.717, 1.165) is 81.9 Å². The SMILES string of the molecule is C=CCCOC1CCC(c2ccc(CCC3CCC(c4cc(F)c(C#N)c(F)c4)CC3)c(F)c2)CC1. The van der Waals surface area contributed by atoms with Crippen LogP contribution in [0.5, 0.6) is 0 Å². The molecule has 0 aromatic heterocycles. The molecule has 2 aliphatic carbocycles. The molecule has 36 heavy (non-hydrogen) atoms. The minimum absolute atomic E-state index is 0.103. The van der Waals surface area contributed by atoms with E-state index in [2.05, 4.69) is 12.6 Å². The van der Waals surface area contributed by atoms with Gasteiger partial charge in [0.1, 0.15) is 29.1 Å². The molecule has 0 unspecified atom stereocenters. The van der Waals surface area contributed by atoms with Gasteiger partial charge in [-0.05, 0) is 123 Å². The number of hydrogen-bond acceptors (Lipinski definition) is 2. The number of ether oxygens (including phenoxy) is 1. The lowest BCUT2D eigenvalue weighted by atomic mass is 9.76. The quantitative estimate of drug-likeness (QED) is 0.258. The lowest BCUT2D eigenvalue weighted by Gasteiger charge is -2.29. The predicted octanol–water partition coefficient (Wildman–Crippen LogP) is 8.50. The number of halogens is 3. The minimum atomic E-state index is -0.779. The Bertz CT molecular complexity index is 1050. The molecule has 0 aliphatic heterocycles. The molecule has 2 fully saturated rings. The maximum absolute atomic E-state index is 14.9. The fraction of sp³-hybridized carbons (Fsp3) is 0.516. The molecule has 0 heterocycles. The van der Waals surface area contributed by atoms with Crippen LogP contribution in [0.2, 0.25) is 0 Å². The van der Waals surface area contributed by atoms with Crippen LogP contribution in [-0.2, 0) is 11.2 Å². The third-order valence-corrected chi connectivity index (χ3v) is 8.21. The van der Waals surface area contributed by atoms with Gasteiger partial charge in [0, 0.05) is 0 Å². The summed E-state index contributed by atoms with van der Waals surface area (Å²) in [7, 11) is 0. The molecular weight excluding hydrogens is 459 g/mol. The number of benzene rings is 2. The summed E-state index contributed by atoms with van der Waals surface area (Å²) in [6, 6.07) is 10.0. The van der Waals surface area contributed by atoms with Gasteiger partial charge in [0.2, 0.25) is 0 Å². The maximum Gasteiger partial charge on any atom is 0.144 e. The van der Waals surface area contributed by atoms with Crippen LogP contribution in [0.3, 0.4) is 0 Å². The Balaban J connectivity index is 1.24. The van der Waals surface area contributed by atoms with Crippen molar-refractivity contribution in [1.82, 2.24) is 0 Å². The van der Waals surface area contributed by atoms with Gasteiger partial charge in [0.25, 0.3) is 0 Å². The van der Waals surface area contributed by atoms with E-state index in [1.165, 1.54) is 12.1 Å². The third-order valence-electron chi connectivity index (χ3n) is 8.21. The highest BCUT2D eigenvalue weighted by Gasteiger charge is 2.26. The molecule has 4 rings (SSSR count). The zero-order chi connectivity index (χ0) is 25.5. The van der Waals surface area contributed by atoms with E-state index < -0.39 is 17.2 Å². The zero-order valence-electron chi connectivity index (χ0n) is 21.0. The van der Waals surface area contributed by atoms with Gasteiger partial charge < -0.3 is 4.74 Å². The van der Waals surface area contributed by atoms with E-state index in [1.54, 1.807) is 12.1 Å². The first-order valence-electron chi connectivity index (χ1n) is 13.4. The molecule has 2 aromatic rings. The summed E-state index contributed by atoms with van der Waals surface area (Å²) in [4.78, 5) is 0. The van der Waals surface area contributed by atoms with Crippen LogP contribution in [0.25, 0.3) is 0 Å². The summed E-state index contributed by atoms with van der Waals surface area (Å²) < 4.78 is 48.8. The molecule has 0 radical (unpaired) electrons. The molecular formula is C31H36F3NO. The average molecular weight is 496 g/mol. The number of aryl methyl sites for hydroxylation is 1. The van der Waals surface area contributed by atoms with Crippen LogP contribution in [0.4, 0.5) is 13.2 Å². The molecule has 2 saturated carbocycles. The lowest BCUT2D eigenvalue weighted by molar-refractivity contribution is 0.0274. The smallest absolute Gasteiger partial charge is 0.144 e. The summed E-state index contributed by atoms with van der Waals surface area (Å²) in [6.45, 7) is 4.46. The van der Waals surface area contributed by atoms with Gasteiger partial charge in [-0.3, -0.25) is 0 Å². The van der Waals surface area contributed by atoms with E-state index in [9.17, 15) is 13.2 Å². The number of nitriles is 1. The predicted molar refractivity (Wildman–Crippen MR) is 136 cm³/mol. The first kappa shape index (κ1) is 26.5. The Labute approximate surface area is 213 Å². The highest BCUT2D eigenvalue weighted by atomic mass is 19.1. The van der Waals surface area contributed by atoms with Crippen LogP contribution >= 0.6 is 0 Å². The van der Waals surface area contributed by atoms with Gasteiger partial charge in [-0.25, -0.2) is 13.2 Å². The molecule has 5 heteroatoms. The van der Waals surface area contributed by atoms with Crippen molar-refractivity contribution in [2.75, 3.05) is 6.61 Å². The molecule has 0 spiro atoms. The van der Waals surface area contributed by atoms with Gasteiger partial charge in [-0.1, -0.05) is 18.2 Å². The fourth-order valence-corrected chi connectivity index (χ4v) is 5.98. The van der Waals surface area contributed by atoms with Crippen molar-refractivity contribution in [1.29, 1.82) is 5.26 Å². The first-order valence-corrected chi connectivity index (χ1v) is 13.4. The molecule has 192 valence electrons. The molecule has 2 nitrogen and oxygen atoms in total. The van der Waals surface area contributed by atoms with Crippen molar-refractivity contribution in [2.24, 2.45) is 5.92 Å². The van der Waals surface area contributed by atoms with Crippen molar-refractivity contribution >= 4 is 0 Å². The second-order valence-electron chi connectivity index (χ2n) is 10.5. The third kappa shape index (κ3) is 6.59. The van der Waals surface area contributed by atoms with E-state index in [0.29, 0.717) is 29.9 Å². The molecule has 0 bridgehead atoms. The Kier molecular flexibility index (Phi) is 9.26. The Morgan fingerprint density at radius 3 is 2.08 bits per heavy atom. The second kappa shape index (κ2) is 12.6. The van der Waals surface area contributed by atoms with Gasteiger partial charge in [0.05, 0.1) is 12.7 Å². The summed E-state index contributed by atoms with van der Waals surface area (Å²) in [6.07, 6.45) is 12.5. The molecule has 0 atom stereocenters. The van der Waals surface area contributed by atoms with Crippen molar-refractivity contribution in [3.05, 3.63) is 82.7 Å². The largest absolute Gasteiger partial charge is 0.378 e. The second-order valence-corrected chi connectivity index (χ2v) is 10.5. The molecule has 2 aliphatic rings. The zero-order valence-corrected chi connectivity index (χ0v) is 21.0. The summed E-state index contributed by atoms with van der Waals surface area (Å²) in [5.74, 6) is -0.660. The van der Waals surface area contributed by atoms with E-state index in [1.807, 2.05) is 12.1 Å². The van der Waals surface area contributed by atoms with E-state index >= 15 is 0 Å². The summed E-state index contributed by atoms with van der Waals surface area (Å²) in [5.41, 5.74) is 2.00. The normalized spacial score (nSPS) is 24.3. The van der Waals surface area contributed by atoms with Gasteiger partial charge >= 0.3 is 0 Å². The Morgan fingerprint density at radius 1 is 0.861 bits per heavy atom. The van der Waals surface area contributed by atoms with Gasteiger partial charge in [-0.2, -0.15) is 5.26 Å². The maximum atomic E-state index is 14.9. The first-order chi connectivity index (χ1) is 17.5. The van der Waals surface area contributed by atoms with Crippen molar-refractivity contribution < 1.29 is 17.9 Å². The number of hydrogen-bond donors (Lipinski definition) is 0. The van der Waals surface area contributed by atoms with E-state index in [-0.39, 0.29) is 11.7 Å². The lowest BCUT2D eigenvalue weighted by Crippen LogP contribution is -2.21. The van der Waals surface area contributed by atoms with Crippen molar-refractivity contribution in [3.63, 3.8) is 0 Å². The standard InChI is InChI=1S/C31H36F3NO/c1-2-3-16-36-27-14-12-22(13-15-27)25-11-10-24(29(32)17-25)9-6-21-4-7-23(8-5-21)26-18-30(33)28(20-35)31(34)19-26/h2,10-11,17-19,21-23,27H,1,3-9,12-16H2. The number of nitrogens with zero attached hydrogens (tertiary/aromatic N) is 1. The minimum Gasteiger partial charge on any atom is -0.378 e. The van der Waals surface area contributed by atoms with Crippen molar-refractivity contribution in [2.45, 2.75) is 88.6 Å². The molecule has 0 saturated heterocycles. The average Bonchev–Trinajstić information content (AvgIpc) is 2.89. The summed E-state index contributed by atoms with van der Waals surface area (Å²) >= 11 is 0.